The molecule has 0 aliphatic rings. The van der Waals surface area contributed by atoms with Gasteiger partial charge in [-0.3, -0.25) is 19.4 Å². The lowest BCUT2D eigenvalue weighted by Gasteiger charge is -2.14. The number of aromatic nitrogens is 3. The van der Waals surface area contributed by atoms with Crippen molar-refractivity contribution in [1.82, 2.24) is 19.3 Å². The molecule has 0 atom stereocenters. The molecule has 0 unspecified atom stereocenters. The first-order valence-corrected chi connectivity index (χ1v) is 8.95. The van der Waals surface area contributed by atoms with Gasteiger partial charge in [0.1, 0.15) is 16.8 Å². The average molecular weight is 373 g/mol. The fourth-order valence-corrected chi connectivity index (χ4v) is 3.30. The lowest BCUT2D eigenvalue weighted by molar-refractivity contribution is 0.0960. The molecular weight excluding hydrogens is 354 g/mol. The first-order chi connectivity index (χ1) is 13.6. The molecule has 0 aliphatic carbocycles. The third-order valence-electron chi connectivity index (χ3n) is 4.76. The van der Waals surface area contributed by atoms with Crippen LogP contribution in [0.5, 0.6) is 0 Å². The molecule has 0 radical (unpaired) electrons. The molecule has 0 aliphatic heterocycles. The van der Waals surface area contributed by atoms with E-state index in [1.165, 1.54) is 17.5 Å². The fourth-order valence-electron chi connectivity index (χ4n) is 3.30. The maximum Gasteiger partial charge on any atom is 0.267 e. The van der Waals surface area contributed by atoms with Crippen LogP contribution in [-0.2, 0) is 13.0 Å². The smallest absolute Gasteiger partial charge is 0.267 e. The molecule has 4 rings (SSSR count). The van der Waals surface area contributed by atoms with Crippen LogP contribution >= 0.6 is 0 Å². The lowest BCUT2D eigenvalue weighted by atomic mass is 10.1. The van der Waals surface area contributed by atoms with Crippen molar-refractivity contribution in [1.29, 1.82) is 5.41 Å². The van der Waals surface area contributed by atoms with Crippen molar-refractivity contribution in [3.63, 3.8) is 0 Å². The van der Waals surface area contributed by atoms with E-state index in [9.17, 15) is 9.59 Å². The number of pyridine rings is 2. The molecule has 0 fully saturated rings. The Balaban J connectivity index is 1.99. The second-order valence-corrected chi connectivity index (χ2v) is 6.46. The second-order valence-electron chi connectivity index (χ2n) is 6.46. The number of hydrogen-bond acceptors (Lipinski definition) is 4. The summed E-state index contributed by atoms with van der Waals surface area (Å²) in [5, 5.41) is 11.4. The van der Waals surface area contributed by atoms with Gasteiger partial charge in [0.2, 0.25) is 0 Å². The van der Waals surface area contributed by atoms with Crippen LogP contribution in [0.4, 0.5) is 0 Å². The molecule has 28 heavy (non-hydrogen) atoms. The molecule has 1 aromatic carbocycles. The SMILES string of the molecule is CNC(=O)c1cc2c(=O)n3ccccc3nc2n(CCc2ccccc2)c1=N. The Morgan fingerprint density at radius 2 is 1.89 bits per heavy atom. The highest BCUT2D eigenvalue weighted by atomic mass is 16.1. The largest absolute Gasteiger partial charge is 0.355 e. The normalized spacial score (nSPS) is 11.0. The van der Waals surface area contributed by atoms with Gasteiger partial charge in [-0.05, 0) is 30.2 Å². The van der Waals surface area contributed by atoms with Crippen molar-refractivity contribution in [2.75, 3.05) is 7.05 Å². The van der Waals surface area contributed by atoms with Gasteiger partial charge >= 0.3 is 0 Å². The molecule has 3 aromatic heterocycles. The van der Waals surface area contributed by atoms with E-state index in [-0.39, 0.29) is 16.6 Å². The maximum absolute atomic E-state index is 13.0. The van der Waals surface area contributed by atoms with Gasteiger partial charge in [-0.25, -0.2) is 4.98 Å². The van der Waals surface area contributed by atoms with Gasteiger partial charge in [0.05, 0.1) is 10.9 Å². The lowest BCUT2D eigenvalue weighted by Crippen LogP contribution is -2.34. The third-order valence-corrected chi connectivity index (χ3v) is 4.76. The van der Waals surface area contributed by atoms with Gasteiger partial charge in [-0.2, -0.15) is 0 Å². The first-order valence-electron chi connectivity index (χ1n) is 8.95. The predicted molar refractivity (Wildman–Crippen MR) is 106 cm³/mol. The number of rotatable bonds is 4. The summed E-state index contributed by atoms with van der Waals surface area (Å²) in [4.78, 5) is 29.9. The molecule has 3 heterocycles. The van der Waals surface area contributed by atoms with Crippen molar-refractivity contribution in [2.24, 2.45) is 0 Å². The fraction of sp³-hybridized carbons (Fsp3) is 0.143. The van der Waals surface area contributed by atoms with Crippen LogP contribution in [0.3, 0.4) is 0 Å². The van der Waals surface area contributed by atoms with E-state index in [1.54, 1.807) is 22.9 Å². The Morgan fingerprint density at radius 1 is 1.14 bits per heavy atom. The molecule has 0 saturated heterocycles. The minimum absolute atomic E-state index is 0.0370. The van der Waals surface area contributed by atoms with E-state index in [1.807, 2.05) is 36.4 Å². The number of aryl methyl sites for hydroxylation is 2. The van der Waals surface area contributed by atoms with Crippen molar-refractivity contribution in [3.8, 4) is 0 Å². The number of nitrogens with zero attached hydrogens (tertiary/aromatic N) is 3. The molecule has 1 amide bonds. The molecule has 140 valence electrons. The number of amides is 1. The highest BCUT2D eigenvalue weighted by Crippen LogP contribution is 2.11. The third kappa shape index (κ3) is 2.96. The van der Waals surface area contributed by atoms with E-state index >= 15 is 0 Å². The van der Waals surface area contributed by atoms with Crippen LogP contribution in [0.1, 0.15) is 15.9 Å². The highest BCUT2D eigenvalue weighted by molar-refractivity contribution is 5.96. The summed E-state index contributed by atoms with van der Waals surface area (Å²) in [6, 6.07) is 16.6. The molecule has 7 heteroatoms. The molecule has 7 nitrogen and oxygen atoms in total. The number of hydrogen-bond donors (Lipinski definition) is 2. The molecule has 4 aromatic rings. The van der Waals surface area contributed by atoms with Gasteiger partial charge in [0.15, 0.2) is 0 Å². The average Bonchev–Trinajstić information content (AvgIpc) is 2.73. The number of carbonyl (C=O) groups is 1. The van der Waals surface area contributed by atoms with E-state index in [0.717, 1.165) is 5.56 Å². The van der Waals surface area contributed by atoms with E-state index in [0.29, 0.717) is 29.6 Å². The Labute approximate surface area is 160 Å². The molecule has 0 saturated carbocycles. The van der Waals surface area contributed by atoms with Gasteiger partial charge in [-0.15, -0.1) is 0 Å². The molecule has 0 spiro atoms. The van der Waals surface area contributed by atoms with E-state index in [4.69, 9.17) is 5.41 Å². The summed E-state index contributed by atoms with van der Waals surface area (Å²) in [5.41, 5.74) is 1.93. The van der Waals surface area contributed by atoms with Gasteiger partial charge < -0.3 is 9.88 Å². The zero-order chi connectivity index (χ0) is 19.7. The van der Waals surface area contributed by atoms with Crippen molar-refractivity contribution in [2.45, 2.75) is 13.0 Å². The summed E-state index contributed by atoms with van der Waals surface area (Å²) in [6.07, 6.45) is 2.30. The second kappa shape index (κ2) is 7.11. The van der Waals surface area contributed by atoms with Crippen LogP contribution in [0, 0.1) is 5.41 Å². The van der Waals surface area contributed by atoms with Crippen LogP contribution in [-0.4, -0.2) is 26.9 Å². The summed E-state index contributed by atoms with van der Waals surface area (Å²) in [6.45, 7) is 0.430. The minimum atomic E-state index is -0.405. The monoisotopic (exact) mass is 373 g/mol. The van der Waals surface area contributed by atoms with Crippen molar-refractivity contribution in [3.05, 3.63) is 87.8 Å². The summed E-state index contributed by atoms with van der Waals surface area (Å²) in [7, 11) is 1.51. The maximum atomic E-state index is 13.0. The quantitative estimate of drug-likeness (QED) is 0.534. The Morgan fingerprint density at radius 3 is 2.64 bits per heavy atom. The number of carbonyl (C=O) groups excluding carboxylic acids is 1. The number of nitrogens with one attached hydrogen (secondary N) is 2. The number of fused-ring (bicyclic) bond motifs is 2. The standard InChI is InChI=1S/C21H19N5O2/c1-23-20(27)15-13-16-19(24-17-9-5-6-11-25(17)21(16)28)26(18(15)22)12-10-14-7-3-2-4-8-14/h2-9,11,13,22H,10,12H2,1H3,(H,23,27). The van der Waals surface area contributed by atoms with E-state index in [2.05, 4.69) is 10.3 Å². The molecular formula is C21H19N5O2. The molecule has 0 bridgehead atoms. The van der Waals surface area contributed by atoms with E-state index < -0.39 is 5.91 Å². The highest BCUT2D eigenvalue weighted by Gasteiger charge is 2.16. The topological polar surface area (TPSA) is 92.2 Å². The molecule has 2 N–H and O–H groups in total. The van der Waals surface area contributed by atoms with Crippen molar-refractivity contribution < 1.29 is 4.79 Å². The Kier molecular flexibility index (Phi) is 4.49. The van der Waals surface area contributed by atoms with Crippen LogP contribution in [0.25, 0.3) is 16.7 Å². The predicted octanol–water partition coefficient (Wildman–Crippen LogP) is 1.73. The minimum Gasteiger partial charge on any atom is -0.355 e. The van der Waals surface area contributed by atoms with Crippen molar-refractivity contribution >= 4 is 22.6 Å². The van der Waals surface area contributed by atoms with Crippen LogP contribution in [0.2, 0.25) is 0 Å². The summed E-state index contributed by atoms with van der Waals surface area (Å²) >= 11 is 0. The van der Waals surface area contributed by atoms with Crippen LogP contribution in [0.15, 0.2) is 65.6 Å². The van der Waals surface area contributed by atoms with Gasteiger partial charge in [0, 0.05) is 19.8 Å². The Bertz CT molecular complexity index is 1310. The van der Waals surface area contributed by atoms with Gasteiger partial charge in [-0.1, -0.05) is 36.4 Å². The zero-order valence-corrected chi connectivity index (χ0v) is 15.3. The first kappa shape index (κ1) is 17.7. The van der Waals surface area contributed by atoms with Crippen LogP contribution < -0.4 is 16.4 Å². The number of benzene rings is 1. The Hall–Kier alpha value is -3.74. The van der Waals surface area contributed by atoms with Gasteiger partial charge in [0.25, 0.3) is 11.5 Å². The summed E-state index contributed by atoms with van der Waals surface area (Å²) < 4.78 is 3.09. The summed E-state index contributed by atoms with van der Waals surface area (Å²) in [5.74, 6) is -0.405. The zero-order valence-electron chi connectivity index (χ0n) is 15.3.